The van der Waals surface area contributed by atoms with Crippen LogP contribution in [0, 0.1) is 0 Å². The Balaban J connectivity index is 2.20. The van der Waals surface area contributed by atoms with Crippen molar-refractivity contribution in [2.24, 2.45) is 0 Å². The van der Waals surface area contributed by atoms with E-state index in [2.05, 4.69) is 43.2 Å². The maximum absolute atomic E-state index is 5.71. The number of hydrogen-bond donors (Lipinski definition) is 0. The molecule has 0 unspecified atom stereocenters. The molecule has 1 aromatic heterocycles. The molecule has 3 rings (SSSR count). The molecule has 3 heterocycles. The van der Waals surface area contributed by atoms with E-state index < -0.39 is 0 Å². The first-order valence-corrected chi connectivity index (χ1v) is 5.35. The van der Waals surface area contributed by atoms with Crippen LogP contribution in [0.15, 0.2) is 6.33 Å². The van der Waals surface area contributed by atoms with Crippen LogP contribution in [-0.2, 0) is 11.1 Å². The SMILES string of the molecule is CC1(C)COc2c3[n+](cn21)C(C)(C)CO3. The normalized spacial score (nSPS) is 24.3. The zero-order chi connectivity index (χ0) is 10.8. The Hall–Kier alpha value is -1.19. The fraction of sp³-hybridized carbons (Fsp3) is 0.727. The number of hydrogen-bond acceptors (Lipinski definition) is 2. The molecule has 82 valence electrons. The lowest BCUT2D eigenvalue weighted by molar-refractivity contribution is -0.739. The molecule has 0 radical (unpaired) electrons. The van der Waals surface area contributed by atoms with E-state index >= 15 is 0 Å². The van der Waals surface area contributed by atoms with Crippen molar-refractivity contribution in [1.82, 2.24) is 4.57 Å². The second-order valence-corrected chi connectivity index (χ2v) is 5.67. The first kappa shape index (κ1) is 9.07. The molecule has 0 bridgehead atoms. The highest BCUT2D eigenvalue weighted by molar-refractivity contribution is 5.28. The highest BCUT2D eigenvalue weighted by atomic mass is 16.5. The van der Waals surface area contributed by atoms with Gasteiger partial charge in [-0.15, -0.1) is 0 Å². The van der Waals surface area contributed by atoms with E-state index in [4.69, 9.17) is 9.47 Å². The van der Waals surface area contributed by atoms with Gasteiger partial charge >= 0.3 is 11.8 Å². The predicted molar refractivity (Wildman–Crippen MR) is 54.3 cm³/mol. The summed E-state index contributed by atoms with van der Waals surface area (Å²) in [6, 6.07) is 0. The number of nitrogens with zero attached hydrogens (tertiary/aromatic N) is 2. The fourth-order valence-electron chi connectivity index (χ4n) is 2.18. The molecule has 0 atom stereocenters. The van der Waals surface area contributed by atoms with Crippen molar-refractivity contribution in [3.05, 3.63) is 6.33 Å². The first-order valence-electron chi connectivity index (χ1n) is 5.35. The summed E-state index contributed by atoms with van der Waals surface area (Å²) in [5.74, 6) is 1.76. The largest absolute Gasteiger partial charge is 0.452 e. The predicted octanol–water partition coefficient (Wildman–Crippen LogP) is 1.03. The summed E-state index contributed by atoms with van der Waals surface area (Å²) in [6.07, 6.45) is 2.12. The minimum atomic E-state index is 0.0338. The van der Waals surface area contributed by atoms with Gasteiger partial charge in [0.15, 0.2) is 0 Å². The van der Waals surface area contributed by atoms with Crippen LogP contribution in [0.4, 0.5) is 0 Å². The van der Waals surface area contributed by atoms with Crippen molar-refractivity contribution < 1.29 is 14.0 Å². The van der Waals surface area contributed by atoms with E-state index in [9.17, 15) is 0 Å². The fourth-order valence-corrected chi connectivity index (χ4v) is 2.18. The second kappa shape index (κ2) is 2.31. The van der Waals surface area contributed by atoms with Gasteiger partial charge in [-0.2, -0.15) is 9.13 Å². The monoisotopic (exact) mass is 209 g/mol. The van der Waals surface area contributed by atoms with Crippen molar-refractivity contribution in [3.63, 3.8) is 0 Å². The molecule has 0 aromatic carbocycles. The molecule has 0 aliphatic carbocycles. The molecule has 2 aliphatic rings. The third kappa shape index (κ3) is 0.994. The average molecular weight is 209 g/mol. The molecular weight excluding hydrogens is 192 g/mol. The lowest BCUT2D eigenvalue weighted by Gasteiger charge is -2.14. The molecule has 0 fully saturated rings. The molecule has 0 N–H and O–H groups in total. The zero-order valence-electron chi connectivity index (χ0n) is 9.70. The highest BCUT2D eigenvalue weighted by Gasteiger charge is 2.49. The summed E-state index contributed by atoms with van der Waals surface area (Å²) in [5, 5.41) is 0. The number of imidazole rings is 1. The van der Waals surface area contributed by atoms with Gasteiger partial charge in [0.1, 0.15) is 24.3 Å². The van der Waals surface area contributed by atoms with Crippen molar-refractivity contribution in [1.29, 1.82) is 0 Å². The molecule has 2 aliphatic heterocycles. The van der Waals surface area contributed by atoms with Crippen molar-refractivity contribution >= 4 is 0 Å². The molecule has 0 spiro atoms. The Kier molecular flexibility index (Phi) is 1.40. The van der Waals surface area contributed by atoms with Gasteiger partial charge in [-0.3, -0.25) is 0 Å². The quantitative estimate of drug-likeness (QED) is 0.597. The van der Waals surface area contributed by atoms with Crippen molar-refractivity contribution in [2.75, 3.05) is 13.2 Å². The zero-order valence-corrected chi connectivity index (χ0v) is 9.70. The molecule has 4 heteroatoms. The van der Waals surface area contributed by atoms with E-state index in [0.29, 0.717) is 0 Å². The third-order valence-corrected chi connectivity index (χ3v) is 3.28. The topological polar surface area (TPSA) is 27.3 Å². The number of aromatic nitrogens is 2. The highest BCUT2D eigenvalue weighted by Crippen LogP contribution is 2.40. The lowest BCUT2D eigenvalue weighted by atomic mass is 10.1. The van der Waals surface area contributed by atoms with Gasteiger partial charge in [0, 0.05) is 0 Å². The Morgan fingerprint density at radius 2 is 1.93 bits per heavy atom. The van der Waals surface area contributed by atoms with E-state index in [1.165, 1.54) is 0 Å². The average Bonchev–Trinajstić information content (AvgIpc) is 2.69. The van der Waals surface area contributed by atoms with E-state index in [0.717, 1.165) is 25.0 Å². The number of rotatable bonds is 0. The Morgan fingerprint density at radius 1 is 1.20 bits per heavy atom. The minimum absolute atomic E-state index is 0.0338. The van der Waals surface area contributed by atoms with Gasteiger partial charge in [0.2, 0.25) is 0 Å². The summed E-state index contributed by atoms with van der Waals surface area (Å²) in [5.41, 5.74) is 0.0677. The Labute approximate surface area is 89.4 Å². The minimum Gasteiger partial charge on any atom is -0.452 e. The van der Waals surface area contributed by atoms with Gasteiger partial charge in [-0.1, -0.05) is 0 Å². The summed E-state index contributed by atoms with van der Waals surface area (Å²) < 4.78 is 15.8. The van der Waals surface area contributed by atoms with Crippen LogP contribution >= 0.6 is 0 Å². The third-order valence-electron chi connectivity index (χ3n) is 3.28. The van der Waals surface area contributed by atoms with Gasteiger partial charge in [-0.25, -0.2) is 0 Å². The van der Waals surface area contributed by atoms with Crippen LogP contribution in [-0.4, -0.2) is 17.8 Å². The molecule has 0 amide bonds. The summed E-state index contributed by atoms with van der Waals surface area (Å²) in [4.78, 5) is 0. The van der Waals surface area contributed by atoms with Crippen molar-refractivity contribution in [3.8, 4) is 11.8 Å². The van der Waals surface area contributed by atoms with Crippen LogP contribution in [0.3, 0.4) is 0 Å². The van der Waals surface area contributed by atoms with Crippen LogP contribution in [0.1, 0.15) is 27.7 Å². The molecule has 15 heavy (non-hydrogen) atoms. The Morgan fingerprint density at radius 3 is 2.67 bits per heavy atom. The smallest absolute Gasteiger partial charge is 0.373 e. The lowest BCUT2D eigenvalue weighted by Crippen LogP contribution is -2.49. The van der Waals surface area contributed by atoms with Crippen LogP contribution in [0.5, 0.6) is 11.8 Å². The van der Waals surface area contributed by atoms with Crippen LogP contribution < -0.4 is 14.0 Å². The van der Waals surface area contributed by atoms with E-state index in [-0.39, 0.29) is 11.1 Å². The standard InChI is InChI=1S/C11H17N2O2/c1-10(2)5-14-8-9-13(7-12(8)10)11(3,4)6-15-9/h7H,5-6H2,1-4H3/q+1. The summed E-state index contributed by atoms with van der Waals surface area (Å²) >= 11 is 0. The maximum atomic E-state index is 5.71. The van der Waals surface area contributed by atoms with E-state index in [1.54, 1.807) is 0 Å². The Bertz CT molecular complexity index is 394. The van der Waals surface area contributed by atoms with Gasteiger partial charge < -0.3 is 9.47 Å². The summed E-state index contributed by atoms with van der Waals surface area (Å²) in [7, 11) is 0. The van der Waals surface area contributed by atoms with Gasteiger partial charge in [0.25, 0.3) is 6.33 Å². The molecule has 0 saturated carbocycles. The van der Waals surface area contributed by atoms with Crippen LogP contribution in [0.25, 0.3) is 0 Å². The van der Waals surface area contributed by atoms with Gasteiger partial charge in [-0.05, 0) is 27.7 Å². The number of fused-ring (bicyclic) bond motifs is 3. The van der Waals surface area contributed by atoms with Gasteiger partial charge in [0.05, 0.1) is 0 Å². The second-order valence-electron chi connectivity index (χ2n) is 5.67. The maximum Gasteiger partial charge on any atom is 0.373 e. The molecule has 1 aromatic rings. The number of ether oxygens (including phenoxy) is 2. The van der Waals surface area contributed by atoms with Crippen LogP contribution in [0.2, 0.25) is 0 Å². The summed E-state index contributed by atoms with van der Waals surface area (Å²) in [6.45, 7) is 10.1. The molecule has 4 nitrogen and oxygen atoms in total. The first-order chi connectivity index (χ1) is 6.92. The molecular formula is C11H17N2O2+. The van der Waals surface area contributed by atoms with E-state index in [1.807, 2.05) is 0 Å². The molecule has 0 saturated heterocycles. The van der Waals surface area contributed by atoms with Crippen molar-refractivity contribution in [2.45, 2.75) is 38.8 Å².